The van der Waals surface area contributed by atoms with Gasteiger partial charge < -0.3 is 5.32 Å². The first-order valence-electron chi connectivity index (χ1n) is 7.24. The van der Waals surface area contributed by atoms with E-state index in [9.17, 15) is 4.79 Å². The van der Waals surface area contributed by atoms with Crippen molar-refractivity contribution in [3.8, 4) is 0 Å². The molecule has 3 rings (SSSR count). The van der Waals surface area contributed by atoms with E-state index in [-0.39, 0.29) is 16.0 Å². The lowest BCUT2D eigenvalue weighted by Gasteiger charge is -2.43. The molecule has 1 saturated carbocycles. The van der Waals surface area contributed by atoms with Crippen LogP contribution >= 0.6 is 27.5 Å². The van der Waals surface area contributed by atoms with E-state index >= 15 is 0 Å². The first-order chi connectivity index (χ1) is 10.5. The van der Waals surface area contributed by atoms with Crippen molar-refractivity contribution in [2.45, 2.75) is 24.7 Å². The Balaban J connectivity index is 1.81. The standard InChI is InChI=1S/C16H17BrClN3O/c1-21-15(22)14(18)13(9-20-21)19-10-16(7-2-8-16)11-3-5-12(17)6-4-11/h3-6,9,19H,2,7-8,10H2,1H3. The summed E-state index contributed by atoms with van der Waals surface area (Å²) in [6.07, 6.45) is 5.10. The molecule has 0 radical (unpaired) electrons. The monoisotopic (exact) mass is 381 g/mol. The van der Waals surface area contributed by atoms with Gasteiger partial charge in [0.15, 0.2) is 0 Å². The molecular weight excluding hydrogens is 366 g/mol. The third-order valence-electron chi connectivity index (χ3n) is 4.46. The molecule has 4 nitrogen and oxygen atoms in total. The van der Waals surface area contributed by atoms with Crippen molar-refractivity contribution in [2.75, 3.05) is 11.9 Å². The molecule has 6 heteroatoms. The first-order valence-corrected chi connectivity index (χ1v) is 8.41. The van der Waals surface area contributed by atoms with Crippen LogP contribution in [0.4, 0.5) is 5.69 Å². The molecule has 1 aromatic carbocycles. The van der Waals surface area contributed by atoms with E-state index in [0.717, 1.165) is 23.9 Å². The number of aromatic nitrogens is 2. The number of hydrogen-bond acceptors (Lipinski definition) is 3. The van der Waals surface area contributed by atoms with Crippen LogP contribution in [-0.2, 0) is 12.5 Å². The van der Waals surface area contributed by atoms with Gasteiger partial charge in [-0.25, -0.2) is 4.68 Å². The van der Waals surface area contributed by atoms with E-state index in [4.69, 9.17) is 11.6 Å². The Kier molecular flexibility index (Phi) is 4.28. The van der Waals surface area contributed by atoms with Crippen LogP contribution in [0.5, 0.6) is 0 Å². The van der Waals surface area contributed by atoms with E-state index in [2.05, 4.69) is 50.6 Å². The normalized spacial score (nSPS) is 16.1. The van der Waals surface area contributed by atoms with Crippen LogP contribution < -0.4 is 10.9 Å². The van der Waals surface area contributed by atoms with Crippen molar-refractivity contribution >= 4 is 33.2 Å². The lowest BCUT2D eigenvalue weighted by molar-refractivity contribution is 0.260. The maximum Gasteiger partial charge on any atom is 0.287 e. The fraction of sp³-hybridized carbons (Fsp3) is 0.375. The number of hydrogen-bond donors (Lipinski definition) is 1. The van der Waals surface area contributed by atoms with Gasteiger partial charge in [-0.3, -0.25) is 4.79 Å². The Bertz CT molecular complexity index is 738. The van der Waals surface area contributed by atoms with E-state index in [1.165, 1.54) is 16.7 Å². The van der Waals surface area contributed by atoms with Gasteiger partial charge in [-0.2, -0.15) is 5.10 Å². The summed E-state index contributed by atoms with van der Waals surface area (Å²) in [5.74, 6) is 0. The molecule has 0 atom stereocenters. The zero-order valence-electron chi connectivity index (χ0n) is 12.3. The Morgan fingerprint density at radius 1 is 1.36 bits per heavy atom. The van der Waals surface area contributed by atoms with Crippen LogP contribution in [0.2, 0.25) is 5.02 Å². The molecule has 0 bridgehead atoms. The van der Waals surface area contributed by atoms with Crippen molar-refractivity contribution in [1.29, 1.82) is 0 Å². The lowest BCUT2D eigenvalue weighted by atomic mass is 9.64. The van der Waals surface area contributed by atoms with Gasteiger partial charge in [0.05, 0.1) is 11.9 Å². The summed E-state index contributed by atoms with van der Waals surface area (Å²) >= 11 is 9.59. The third kappa shape index (κ3) is 2.79. The highest BCUT2D eigenvalue weighted by atomic mass is 79.9. The van der Waals surface area contributed by atoms with Crippen molar-refractivity contribution in [3.05, 3.63) is 55.9 Å². The second-order valence-electron chi connectivity index (χ2n) is 5.80. The number of nitrogens with zero attached hydrogens (tertiary/aromatic N) is 2. The first kappa shape index (κ1) is 15.6. The molecule has 1 aromatic heterocycles. The largest absolute Gasteiger partial charge is 0.381 e. The fourth-order valence-corrected chi connectivity index (χ4v) is 3.38. The summed E-state index contributed by atoms with van der Waals surface area (Å²) in [4.78, 5) is 11.8. The van der Waals surface area contributed by atoms with Gasteiger partial charge in [0, 0.05) is 23.5 Å². The van der Waals surface area contributed by atoms with E-state index in [1.807, 2.05) is 0 Å². The molecule has 2 aromatic rings. The van der Waals surface area contributed by atoms with Crippen molar-refractivity contribution in [3.63, 3.8) is 0 Å². The minimum absolute atomic E-state index is 0.116. The van der Waals surface area contributed by atoms with Gasteiger partial charge >= 0.3 is 0 Å². The van der Waals surface area contributed by atoms with E-state index in [1.54, 1.807) is 13.2 Å². The topological polar surface area (TPSA) is 46.9 Å². The van der Waals surface area contributed by atoms with E-state index in [0.29, 0.717) is 5.69 Å². The Labute approximate surface area is 142 Å². The summed E-state index contributed by atoms with van der Waals surface area (Å²) < 4.78 is 2.32. The van der Waals surface area contributed by atoms with Crippen LogP contribution in [0.1, 0.15) is 24.8 Å². The number of benzene rings is 1. The van der Waals surface area contributed by atoms with Gasteiger partial charge in [-0.1, -0.05) is 46.1 Å². The van der Waals surface area contributed by atoms with Gasteiger partial charge in [0.25, 0.3) is 5.56 Å². The average Bonchev–Trinajstić information content (AvgIpc) is 2.47. The average molecular weight is 383 g/mol. The second-order valence-corrected chi connectivity index (χ2v) is 7.09. The fourth-order valence-electron chi connectivity index (χ4n) is 2.87. The molecule has 0 amide bonds. The smallest absolute Gasteiger partial charge is 0.287 e. The molecule has 0 saturated heterocycles. The maximum atomic E-state index is 11.8. The summed E-state index contributed by atoms with van der Waals surface area (Å²) in [5.41, 5.74) is 1.76. The van der Waals surface area contributed by atoms with Gasteiger partial charge in [-0.05, 0) is 30.5 Å². The Morgan fingerprint density at radius 2 is 2.05 bits per heavy atom. The van der Waals surface area contributed by atoms with Gasteiger partial charge in [0.2, 0.25) is 0 Å². The number of aryl methyl sites for hydroxylation is 1. The van der Waals surface area contributed by atoms with Crippen molar-refractivity contribution in [2.24, 2.45) is 7.05 Å². The Hall–Kier alpha value is -1.33. The molecule has 116 valence electrons. The maximum absolute atomic E-state index is 11.8. The van der Waals surface area contributed by atoms with Gasteiger partial charge in [-0.15, -0.1) is 0 Å². The predicted molar refractivity (Wildman–Crippen MR) is 92.6 cm³/mol. The molecular formula is C16H17BrClN3O. The highest BCUT2D eigenvalue weighted by Gasteiger charge is 2.38. The molecule has 0 unspecified atom stereocenters. The molecule has 22 heavy (non-hydrogen) atoms. The zero-order chi connectivity index (χ0) is 15.7. The van der Waals surface area contributed by atoms with Crippen LogP contribution in [0, 0.1) is 0 Å². The molecule has 1 heterocycles. The summed E-state index contributed by atoms with van der Waals surface area (Å²) in [6, 6.07) is 8.47. The molecule has 1 N–H and O–H groups in total. The number of rotatable bonds is 4. The van der Waals surface area contributed by atoms with Crippen molar-refractivity contribution < 1.29 is 0 Å². The Morgan fingerprint density at radius 3 is 2.64 bits per heavy atom. The van der Waals surface area contributed by atoms with Crippen molar-refractivity contribution in [1.82, 2.24) is 9.78 Å². The van der Waals surface area contributed by atoms with Crippen LogP contribution in [0.25, 0.3) is 0 Å². The predicted octanol–water partition coefficient (Wildman–Crippen LogP) is 3.73. The van der Waals surface area contributed by atoms with E-state index < -0.39 is 0 Å². The minimum atomic E-state index is -0.280. The summed E-state index contributed by atoms with van der Waals surface area (Å²) in [7, 11) is 1.59. The molecule has 0 spiro atoms. The number of anilines is 1. The quantitative estimate of drug-likeness (QED) is 0.876. The molecule has 1 aliphatic carbocycles. The van der Waals surface area contributed by atoms with Gasteiger partial charge in [0.1, 0.15) is 5.02 Å². The summed E-state index contributed by atoms with van der Waals surface area (Å²) in [5, 5.41) is 7.53. The second kappa shape index (κ2) is 6.05. The third-order valence-corrected chi connectivity index (χ3v) is 5.36. The SMILES string of the molecule is Cn1ncc(NCC2(c3ccc(Br)cc3)CCC2)c(Cl)c1=O. The number of halogens is 2. The zero-order valence-corrected chi connectivity index (χ0v) is 14.6. The number of nitrogens with one attached hydrogen (secondary N) is 1. The van der Waals surface area contributed by atoms with Crippen LogP contribution in [-0.4, -0.2) is 16.3 Å². The molecule has 1 aliphatic rings. The minimum Gasteiger partial charge on any atom is -0.381 e. The molecule has 1 fully saturated rings. The van der Waals surface area contributed by atoms with Crippen LogP contribution in [0.3, 0.4) is 0 Å². The summed E-state index contributed by atoms with van der Waals surface area (Å²) in [6.45, 7) is 0.753. The lowest BCUT2D eigenvalue weighted by Crippen LogP contribution is -2.41. The highest BCUT2D eigenvalue weighted by molar-refractivity contribution is 9.10. The highest BCUT2D eigenvalue weighted by Crippen LogP contribution is 2.44. The molecule has 0 aliphatic heterocycles. The van der Waals surface area contributed by atoms with Crippen LogP contribution in [0.15, 0.2) is 39.7 Å².